The minimum absolute atomic E-state index is 0. The van der Waals surface area contributed by atoms with Gasteiger partial charge in [0.25, 0.3) is 0 Å². The van der Waals surface area contributed by atoms with E-state index in [0.29, 0.717) is 0 Å². The van der Waals surface area contributed by atoms with E-state index in [4.69, 9.17) is 11.6 Å². The molecular weight excluding hydrogens is 279 g/mol. The third-order valence-electron chi connectivity index (χ3n) is 3.87. The third kappa shape index (κ3) is 7.75. The van der Waals surface area contributed by atoms with Gasteiger partial charge < -0.3 is 0 Å². The van der Waals surface area contributed by atoms with Gasteiger partial charge in [-0.05, 0) is 12.8 Å². The molecule has 0 radical (unpaired) electrons. The van der Waals surface area contributed by atoms with E-state index in [1.165, 1.54) is 64.5 Å². The van der Waals surface area contributed by atoms with Crippen LogP contribution in [0.5, 0.6) is 0 Å². The molecule has 2 nitrogen and oxygen atoms in total. The van der Waals surface area contributed by atoms with Crippen LogP contribution in [0.2, 0.25) is 0 Å². The largest absolute Gasteiger partial charge is 0.274 e. The Morgan fingerprint density at radius 1 is 0.789 bits per heavy atom. The number of halogens is 2. The highest BCUT2D eigenvalue weighted by atomic mass is 35.5. The maximum atomic E-state index is 6.52. The van der Waals surface area contributed by atoms with Crippen molar-refractivity contribution < 1.29 is 0 Å². The molecule has 1 aliphatic heterocycles. The summed E-state index contributed by atoms with van der Waals surface area (Å²) in [5.74, 6) is 0. The molecule has 0 aromatic carbocycles. The van der Waals surface area contributed by atoms with Crippen LogP contribution in [-0.4, -0.2) is 41.6 Å². The second-order valence-electron chi connectivity index (χ2n) is 5.50. The number of alkyl halides is 1. The summed E-state index contributed by atoms with van der Waals surface area (Å²) in [5.41, 5.74) is 0.160. The Morgan fingerprint density at radius 2 is 1.21 bits per heavy atom. The predicted octanol–water partition coefficient (Wildman–Crippen LogP) is 4.71. The van der Waals surface area contributed by atoms with Crippen molar-refractivity contribution >= 4 is 24.0 Å². The number of rotatable bonds is 10. The second-order valence-corrected chi connectivity index (χ2v) is 5.89. The molecule has 0 spiro atoms. The number of unbranched alkanes of at least 4 members (excludes halogenated alkanes) is 6. The van der Waals surface area contributed by atoms with E-state index in [1.54, 1.807) is 0 Å². The molecule has 0 aromatic rings. The Labute approximate surface area is 131 Å². The topological polar surface area (TPSA) is 6.48 Å². The van der Waals surface area contributed by atoms with E-state index >= 15 is 0 Å². The molecule has 1 saturated heterocycles. The Bertz CT molecular complexity index is 183. The molecule has 0 unspecified atom stereocenters. The normalized spacial score (nSPS) is 17.8. The van der Waals surface area contributed by atoms with Crippen LogP contribution in [-0.2, 0) is 0 Å². The first-order valence-corrected chi connectivity index (χ1v) is 8.35. The fraction of sp³-hybridized carbons (Fsp3) is 1.00. The van der Waals surface area contributed by atoms with Gasteiger partial charge >= 0.3 is 0 Å². The van der Waals surface area contributed by atoms with Gasteiger partial charge in [0.15, 0.2) is 0 Å². The first-order chi connectivity index (χ1) is 8.79. The highest BCUT2D eigenvalue weighted by Crippen LogP contribution is 2.19. The summed E-state index contributed by atoms with van der Waals surface area (Å²) in [6.07, 6.45) is 10.7. The highest BCUT2D eigenvalue weighted by molar-refractivity contribution is 6.20. The molecule has 116 valence electrons. The van der Waals surface area contributed by atoms with Gasteiger partial charge in [-0.1, -0.05) is 64.0 Å². The maximum Gasteiger partial charge on any atom is 0.140 e. The fourth-order valence-electron chi connectivity index (χ4n) is 2.62. The molecule has 1 rings (SSSR count). The van der Waals surface area contributed by atoms with E-state index in [1.807, 2.05) is 0 Å². The van der Waals surface area contributed by atoms with Crippen molar-refractivity contribution in [3.8, 4) is 0 Å². The van der Waals surface area contributed by atoms with Crippen molar-refractivity contribution in [2.45, 2.75) is 70.8 Å². The van der Waals surface area contributed by atoms with Gasteiger partial charge in [0.05, 0.1) is 0 Å². The summed E-state index contributed by atoms with van der Waals surface area (Å²) in [6, 6.07) is 0. The zero-order valence-corrected chi connectivity index (χ0v) is 14.3. The Morgan fingerprint density at radius 3 is 1.58 bits per heavy atom. The summed E-state index contributed by atoms with van der Waals surface area (Å²) in [7, 11) is 0. The first kappa shape index (κ1) is 19.5. The number of nitrogens with zero attached hydrogens (tertiary/aromatic N) is 2. The summed E-state index contributed by atoms with van der Waals surface area (Å²) < 4.78 is 0. The maximum absolute atomic E-state index is 6.52. The fourth-order valence-corrected chi connectivity index (χ4v) is 3.01. The van der Waals surface area contributed by atoms with Crippen molar-refractivity contribution in [3.05, 3.63) is 0 Å². The van der Waals surface area contributed by atoms with Crippen molar-refractivity contribution in [1.82, 2.24) is 9.80 Å². The molecule has 1 heterocycles. The molecule has 0 N–H and O–H groups in total. The molecule has 4 heteroatoms. The van der Waals surface area contributed by atoms with Crippen LogP contribution in [0.1, 0.15) is 65.2 Å². The van der Waals surface area contributed by atoms with Gasteiger partial charge in [-0.3, -0.25) is 9.80 Å². The molecule has 0 saturated carbocycles. The number of hydrogen-bond acceptors (Lipinski definition) is 2. The van der Waals surface area contributed by atoms with E-state index < -0.39 is 0 Å². The van der Waals surface area contributed by atoms with E-state index in [-0.39, 0.29) is 18.0 Å². The Hall–Kier alpha value is 0.500. The van der Waals surface area contributed by atoms with E-state index in [9.17, 15) is 0 Å². The zero-order valence-electron chi connectivity index (χ0n) is 12.7. The van der Waals surface area contributed by atoms with Crippen LogP contribution in [0, 0.1) is 0 Å². The average Bonchev–Trinajstić information content (AvgIpc) is 2.72. The first-order valence-electron chi connectivity index (χ1n) is 7.91. The van der Waals surface area contributed by atoms with Crippen LogP contribution in [0.3, 0.4) is 0 Å². The van der Waals surface area contributed by atoms with Gasteiger partial charge in [0, 0.05) is 26.2 Å². The lowest BCUT2D eigenvalue weighted by Gasteiger charge is -2.24. The minimum atomic E-state index is 0. The Balaban J connectivity index is 0.00000324. The smallest absolute Gasteiger partial charge is 0.140 e. The van der Waals surface area contributed by atoms with Gasteiger partial charge in [0.1, 0.15) is 5.62 Å². The van der Waals surface area contributed by atoms with Gasteiger partial charge in [0.2, 0.25) is 0 Å². The standard InChI is InChI=1S/C15H31ClN2.ClH/c1-3-5-7-9-11-17-13-14-18(15(17)16)12-10-8-6-4-2;/h15H,3-14H2,1-2H3;1H. The molecule has 0 aromatic heterocycles. The lowest BCUT2D eigenvalue weighted by atomic mass is 10.2. The molecule has 19 heavy (non-hydrogen) atoms. The lowest BCUT2D eigenvalue weighted by molar-refractivity contribution is 0.202. The second kappa shape index (κ2) is 12.3. The van der Waals surface area contributed by atoms with Crippen molar-refractivity contribution in [3.63, 3.8) is 0 Å². The highest BCUT2D eigenvalue weighted by Gasteiger charge is 2.28. The third-order valence-corrected chi connectivity index (χ3v) is 4.43. The quantitative estimate of drug-likeness (QED) is 0.327. The predicted molar refractivity (Wildman–Crippen MR) is 88.3 cm³/mol. The summed E-state index contributed by atoms with van der Waals surface area (Å²) in [6.45, 7) is 9.21. The van der Waals surface area contributed by atoms with Gasteiger partial charge in [-0.2, -0.15) is 0 Å². The van der Waals surface area contributed by atoms with Crippen LogP contribution >= 0.6 is 24.0 Å². The zero-order chi connectivity index (χ0) is 13.2. The molecule has 0 atom stereocenters. The van der Waals surface area contributed by atoms with Crippen LogP contribution in [0.25, 0.3) is 0 Å². The molecule has 0 bridgehead atoms. The summed E-state index contributed by atoms with van der Waals surface area (Å²) in [5, 5.41) is 0. The lowest BCUT2D eigenvalue weighted by Crippen LogP contribution is -2.35. The van der Waals surface area contributed by atoms with Gasteiger partial charge in [-0.15, -0.1) is 12.4 Å². The van der Waals surface area contributed by atoms with Crippen molar-refractivity contribution in [2.24, 2.45) is 0 Å². The summed E-state index contributed by atoms with van der Waals surface area (Å²) >= 11 is 6.52. The van der Waals surface area contributed by atoms with Crippen molar-refractivity contribution in [2.75, 3.05) is 26.2 Å². The van der Waals surface area contributed by atoms with E-state index in [2.05, 4.69) is 23.6 Å². The van der Waals surface area contributed by atoms with E-state index in [0.717, 1.165) is 13.1 Å². The van der Waals surface area contributed by atoms with Crippen LogP contribution < -0.4 is 0 Å². The van der Waals surface area contributed by atoms with Gasteiger partial charge in [-0.25, -0.2) is 0 Å². The molecule has 1 fully saturated rings. The molecule has 0 aliphatic carbocycles. The van der Waals surface area contributed by atoms with Crippen LogP contribution in [0.4, 0.5) is 0 Å². The van der Waals surface area contributed by atoms with Crippen molar-refractivity contribution in [1.29, 1.82) is 0 Å². The number of hydrogen-bond donors (Lipinski definition) is 0. The minimum Gasteiger partial charge on any atom is -0.274 e. The Kier molecular flexibility index (Phi) is 12.6. The average molecular weight is 311 g/mol. The molecular formula is C15H32Cl2N2. The SMILES string of the molecule is CCCCCCN1CCN(CCCCCC)C1Cl.Cl. The summed E-state index contributed by atoms with van der Waals surface area (Å²) in [4.78, 5) is 4.88. The monoisotopic (exact) mass is 310 g/mol. The van der Waals surface area contributed by atoms with Crippen LogP contribution in [0.15, 0.2) is 0 Å². The molecule has 0 amide bonds. The molecule has 1 aliphatic rings.